The fraction of sp³-hybridized carbons (Fsp3) is 0.733. The molecule has 6 heteroatoms. The van der Waals surface area contributed by atoms with Gasteiger partial charge in [0.15, 0.2) is 0 Å². The van der Waals surface area contributed by atoms with E-state index in [1.54, 1.807) is 7.11 Å². The molecule has 0 spiro atoms. The average molecular weight is 293 g/mol. The average Bonchev–Trinajstić information content (AvgIpc) is 2.41. The van der Waals surface area contributed by atoms with E-state index in [9.17, 15) is 0 Å². The molecule has 0 bridgehead atoms. The summed E-state index contributed by atoms with van der Waals surface area (Å²) in [7, 11) is 1.77. The number of nitrogen functional groups attached to an aromatic ring is 1. The Balaban J connectivity index is 2.21. The maximum Gasteiger partial charge on any atom is 0.145 e. The predicted octanol–water partition coefficient (Wildman–Crippen LogP) is 2.29. The van der Waals surface area contributed by atoms with E-state index in [1.165, 1.54) is 0 Å². The molecule has 2 rings (SSSR count). The Morgan fingerprint density at radius 1 is 1.29 bits per heavy atom. The van der Waals surface area contributed by atoms with Crippen LogP contribution in [0.15, 0.2) is 6.07 Å². The molecule has 1 aliphatic carbocycles. The van der Waals surface area contributed by atoms with Gasteiger partial charge >= 0.3 is 0 Å². The smallest absolute Gasteiger partial charge is 0.145 e. The summed E-state index contributed by atoms with van der Waals surface area (Å²) < 4.78 is 5.49. The summed E-state index contributed by atoms with van der Waals surface area (Å²) in [6, 6.07) is 2.17. The second-order valence-corrected chi connectivity index (χ2v) is 7.33. The van der Waals surface area contributed by atoms with Gasteiger partial charge in [-0.05, 0) is 6.42 Å². The van der Waals surface area contributed by atoms with E-state index in [4.69, 9.17) is 10.6 Å². The number of nitrogens with two attached hydrogens (primary N) is 1. The molecule has 0 amide bonds. The number of ether oxygens (including phenoxy) is 1. The van der Waals surface area contributed by atoms with Gasteiger partial charge in [-0.15, -0.1) is 0 Å². The summed E-state index contributed by atoms with van der Waals surface area (Å²) in [4.78, 5) is 9.06. The normalized spacial score (nSPS) is 24.3. The zero-order valence-corrected chi connectivity index (χ0v) is 13.8. The summed E-state index contributed by atoms with van der Waals surface area (Å²) in [5.41, 5.74) is 2.56. The van der Waals surface area contributed by atoms with Gasteiger partial charge in [0, 0.05) is 30.0 Å². The predicted molar refractivity (Wildman–Crippen MR) is 85.1 cm³/mol. The van der Waals surface area contributed by atoms with Crippen LogP contribution in [-0.2, 0) is 10.2 Å². The SMILES string of the molecule is COC1CC(Nc2cc(NN)nc(C(C)(C)C)n2)C1(C)C. The van der Waals surface area contributed by atoms with Gasteiger partial charge in [-0.1, -0.05) is 34.6 Å². The molecule has 1 aromatic heterocycles. The van der Waals surface area contributed by atoms with Crippen molar-refractivity contribution in [3.8, 4) is 0 Å². The van der Waals surface area contributed by atoms with Crippen LogP contribution in [0, 0.1) is 5.41 Å². The lowest BCUT2D eigenvalue weighted by atomic mass is 9.64. The van der Waals surface area contributed by atoms with Crippen LogP contribution in [0.25, 0.3) is 0 Å². The molecule has 1 aromatic rings. The van der Waals surface area contributed by atoms with Gasteiger partial charge in [-0.25, -0.2) is 15.8 Å². The van der Waals surface area contributed by atoms with Crippen molar-refractivity contribution in [1.82, 2.24) is 9.97 Å². The van der Waals surface area contributed by atoms with Gasteiger partial charge in [0.25, 0.3) is 0 Å². The summed E-state index contributed by atoms with van der Waals surface area (Å²) in [5, 5.41) is 3.49. The van der Waals surface area contributed by atoms with Gasteiger partial charge in [0.2, 0.25) is 0 Å². The number of aromatic nitrogens is 2. The highest BCUT2D eigenvalue weighted by molar-refractivity contribution is 5.49. The van der Waals surface area contributed by atoms with Crippen LogP contribution in [-0.4, -0.2) is 29.2 Å². The van der Waals surface area contributed by atoms with Gasteiger partial charge < -0.3 is 15.5 Å². The molecule has 6 nitrogen and oxygen atoms in total. The highest BCUT2D eigenvalue weighted by Crippen LogP contribution is 2.44. The highest BCUT2D eigenvalue weighted by Gasteiger charge is 2.48. The summed E-state index contributed by atoms with van der Waals surface area (Å²) in [6.07, 6.45) is 1.26. The van der Waals surface area contributed by atoms with Crippen molar-refractivity contribution in [2.24, 2.45) is 11.3 Å². The topological polar surface area (TPSA) is 85.1 Å². The van der Waals surface area contributed by atoms with Crippen LogP contribution in [0.2, 0.25) is 0 Å². The third kappa shape index (κ3) is 3.11. The van der Waals surface area contributed by atoms with Crippen molar-refractivity contribution >= 4 is 11.6 Å². The highest BCUT2D eigenvalue weighted by atomic mass is 16.5. The Kier molecular flexibility index (Phi) is 4.13. The minimum Gasteiger partial charge on any atom is -0.381 e. The Morgan fingerprint density at radius 2 is 1.90 bits per heavy atom. The molecular formula is C15H27N5O. The quantitative estimate of drug-likeness (QED) is 0.583. The molecule has 4 N–H and O–H groups in total. The van der Waals surface area contributed by atoms with Crippen molar-refractivity contribution in [2.75, 3.05) is 17.9 Å². The lowest BCUT2D eigenvalue weighted by Gasteiger charge is -2.51. The number of hydrogen-bond acceptors (Lipinski definition) is 6. The lowest BCUT2D eigenvalue weighted by molar-refractivity contribution is -0.0795. The largest absolute Gasteiger partial charge is 0.381 e. The number of methoxy groups -OCH3 is 1. The van der Waals surface area contributed by atoms with Crippen molar-refractivity contribution in [2.45, 2.75) is 58.6 Å². The second kappa shape index (κ2) is 5.42. The summed E-state index contributed by atoms with van der Waals surface area (Å²) in [6.45, 7) is 10.7. The van der Waals surface area contributed by atoms with E-state index in [-0.39, 0.29) is 16.9 Å². The molecule has 1 aliphatic rings. The van der Waals surface area contributed by atoms with Gasteiger partial charge in [0.05, 0.1) is 6.10 Å². The minimum absolute atomic E-state index is 0.0813. The van der Waals surface area contributed by atoms with Crippen molar-refractivity contribution < 1.29 is 4.74 Å². The molecule has 0 saturated heterocycles. The van der Waals surface area contributed by atoms with Crippen LogP contribution in [0.4, 0.5) is 11.6 Å². The Labute approximate surface area is 126 Å². The Hall–Kier alpha value is -1.40. The molecular weight excluding hydrogens is 266 g/mol. The molecule has 2 atom stereocenters. The molecule has 118 valence electrons. The van der Waals surface area contributed by atoms with Gasteiger partial charge in [0.1, 0.15) is 17.5 Å². The third-order valence-corrected chi connectivity index (χ3v) is 4.33. The molecule has 1 saturated carbocycles. The number of nitrogens with zero attached hydrogens (tertiary/aromatic N) is 2. The maximum absolute atomic E-state index is 5.52. The zero-order valence-electron chi connectivity index (χ0n) is 13.8. The second-order valence-electron chi connectivity index (χ2n) is 7.33. The van der Waals surface area contributed by atoms with Gasteiger partial charge in [-0.2, -0.15) is 0 Å². The minimum atomic E-state index is -0.131. The molecule has 1 heterocycles. The van der Waals surface area contributed by atoms with E-state index < -0.39 is 0 Å². The lowest BCUT2D eigenvalue weighted by Crippen LogP contribution is -2.57. The molecule has 2 unspecified atom stereocenters. The van der Waals surface area contributed by atoms with Crippen LogP contribution in [0.3, 0.4) is 0 Å². The first-order valence-electron chi connectivity index (χ1n) is 7.34. The molecule has 0 radical (unpaired) electrons. The van der Waals surface area contributed by atoms with E-state index >= 15 is 0 Å². The molecule has 0 aromatic carbocycles. The first kappa shape index (κ1) is 16.0. The summed E-state index contributed by atoms with van der Waals surface area (Å²) >= 11 is 0. The fourth-order valence-electron chi connectivity index (χ4n) is 2.64. The molecule has 1 fully saturated rings. The first-order chi connectivity index (χ1) is 9.68. The van der Waals surface area contributed by atoms with E-state index in [0.29, 0.717) is 11.9 Å². The number of anilines is 2. The van der Waals surface area contributed by atoms with Crippen molar-refractivity contribution in [3.63, 3.8) is 0 Å². The van der Waals surface area contributed by atoms with Crippen molar-refractivity contribution in [1.29, 1.82) is 0 Å². The molecule has 21 heavy (non-hydrogen) atoms. The third-order valence-electron chi connectivity index (χ3n) is 4.33. The fourth-order valence-corrected chi connectivity index (χ4v) is 2.64. The number of nitrogens with one attached hydrogen (secondary N) is 2. The van der Waals surface area contributed by atoms with E-state index in [2.05, 4.69) is 55.3 Å². The van der Waals surface area contributed by atoms with E-state index in [0.717, 1.165) is 18.1 Å². The maximum atomic E-state index is 5.52. The number of rotatable bonds is 4. The van der Waals surface area contributed by atoms with Crippen LogP contribution < -0.4 is 16.6 Å². The number of hydrogen-bond donors (Lipinski definition) is 3. The zero-order chi connectivity index (χ0) is 15.8. The monoisotopic (exact) mass is 293 g/mol. The van der Waals surface area contributed by atoms with Gasteiger partial charge in [-0.3, -0.25) is 0 Å². The van der Waals surface area contributed by atoms with Crippen molar-refractivity contribution in [3.05, 3.63) is 11.9 Å². The van der Waals surface area contributed by atoms with Crippen LogP contribution in [0.1, 0.15) is 46.9 Å². The van der Waals surface area contributed by atoms with E-state index in [1.807, 2.05) is 6.07 Å². The standard InChI is InChI=1S/C15H27N5O/c1-14(2,3)13-18-11(8-12(19-13)20-16)17-9-7-10(21-6)15(9,4)5/h8-10H,7,16H2,1-6H3,(H2,17,18,19,20). The molecule has 0 aliphatic heterocycles. The first-order valence-corrected chi connectivity index (χ1v) is 7.34. The van der Waals surface area contributed by atoms with Crippen LogP contribution >= 0.6 is 0 Å². The summed E-state index contributed by atoms with van der Waals surface area (Å²) in [5.74, 6) is 7.71. The Bertz CT molecular complexity index is 509. The Morgan fingerprint density at radius 3 is 2.38 bits per heavy atom. The van der Waals surface area contributed by atoms with Crippen LogP contribution in [0.5, 0.6) is 0 Å². The number of hydrazine groups is 1.